The summed E-state index contributed by atoms with van der Waals surface area (Å²) in [5.41, 5.74) is -0.620. The third-order valence-corrected chi connectivity index (χ3v) is 3.41. The smallest absolute Gasteiger partial charge is 0.329 e. The number of sulfone groups is 1. The van der Waals surface area contributed by atoms with Crippen LogP contribution in [-0.4, -0.2) is 55.4 Å². The van der Waals surface area contributed by atoms with Crippen LogP contribution in [0.4, 0.5) is 0 Å². The largest absolute Gasteiger partial charge is 0.458 e. The standard InChI is InChI=1S/C12H21NO5S/c1-12(2,3)18-11(15)9-6-5-7-13(9)10(14)8-19(4,16)17/h9H,5-8H2,1-4H3/t9-/m1/s1. The van der Waals surface area contributed by atoms with Gasteiger partial charge in [0.1, 0.15) is 17.4 Å². The van der Waals surface area contributed by atoms with Gasteiger partial charge in [0.25, 0.3) is 0 Å². The van der Waals surface area contributed by atoms with Crippen molar-refractivity contribution in [1.82, 2.24) is 4.90 Å². The highest BCUT2D eigenvalue weighted by atomic mass is 32.2. The molecule has 0 bridgehead atoms. The molecule has 19 heavy (non-hydrogen) atoms. The lowest BCUT2D eigenvalue weighted by molar-refractivity contribution is -0.162. The summed E-state index contributed by atoms with van der Waals surface area (Å²) in [7, 11) is -3.39. The van der Waals surface area contributed by atoms with Crippen molar-refractivity contribution in [2.75, 3.05) is 18.6 Å². The van der Waals surface area contributed by atoms with E-state index < -0.39 is 39.1 Å². The molecule has 0 aliphatic carbocycles. The number of rotatable bonds is 3. The van der Waals surface area contributed by atoms with Crippen LogP contribution in [-0.2, 0) is 24.2 Å². The maximum absolute atomic E-state index is 12.0. The molecule has 0 aromatic heterocycles. The summed E-state index contributed by atoms with van der Waals surface area (Å²) in [6.45, 7) is 5.66. The Morgan fingerprint density at radius 2 is 1.89 bits per heavy atom. The molecule has 6 nitrogen and oxygen atoms in total. The van der Waals surface area contributed by atoms with E-state index in [0.717, 1.165) is 6.26 Å². The van der Waals surface area contributed by atoms with E-state index in [9.17, 15) is 18.0 Å². The predicted octanol–water partition coefficient (Wildman–Crippen LogP) is 0.364. The fourth-order valence-corrected chi connectivity index (χ4v) is 2.60. The summed E-state index contributed by atoms with van der Waals surface area (Å²) in [5.74, 6) is -1.56. The first-order chi connectivity index (χ1) is 8.49. The van der Waals surface area contributed by atoms with Crippen LogP contribution in [0, 0.1) is 0 Å². The zero-order chi connectivity index (χ0) is 14.8. The number of hydrogen-bond acceptors (Lipinski definition) is 5. The molecule has 1 saturated heterocycles. The minimum atomic E-state index is -3.39. The van der Waals surface area contributed by atoms with Gasteiger partial charge in [-0.25, -0.2) is 13.2 Å². The Bertz CT molecular complexity index is 463. The first-order valence-electron chi connectivity index (χ1n) is 6.20. The number of carbonyl (C=O) groups is 2. The van der Waals surface area contributed by atoms with Crippen LogP contribution in [0.15, 0.2) is 0 Å². The third-order valence-electron chi connectivity index (χ3n) is 2.64. The maximum Gasteiger partial charge on any atom is 0.329 e. The Kier molecular flexibility index (Phi) is 4.60. The molecule has 1 aliphatic rings. The molecule has 1 amide bonds. The van der Waals surface area contributed by atoms with Gasteiger partial charge in [-0.15, -0.1) is 0 Å². The highest BCUT2D eigenvalue weighted by Crippen LogP contribution is 2.21. The number of esters is 1. The first-order valence-corrected chi connectivity index (χ1v) is 8.26. The molecule has 0 N–H and O–H groups in total. The summed E-state index contributed by atoms with van der Waals surface area (Å²) >= 11 is 0. The number of ether oxygens (including phenoxy) is 1. The molecule has 0 aromatic carbocycles. The van der Waals surface area contributed by atoms with Gasteiger partial charge in [0.15, 0.2) is 9.84 Å². The van der Waals surface area contributed by atoms with Gasteiger partial charge in [-0.2, -0.15) is 0 Å². The molecule has 1 atom stereocenters. The van der Waals surface area contributed by atoms with Gasteiger partial charge >= 0.3 is 5.97 Å². The van der Waals surface area contributed by atoms with Gasteiger partial charge in [0.2, 0.25) is 5.91 Å². The van der Waals surface area contributed by atoms with E-state index in [1.54, 1.807) is 20.8 Å². The van der Waals surface area contributed by atoms with Gasteiger partial charge in [-0.05, 0) is 33.6 Å². The fourth-order valence-electron chi connectivity index (χ4n) is 1.99. The molecule has 7 heteroatoms. The average molecular weight is 291 g/mol. The predicted molar refractivity (Wildman–Crippen MR) is 70.3 cm³/mol. The molecule has 1 heterocycles. The topological polar surface area (TPSA) is 80.8 Å². The van der Waals surface area contributed by atoms with E-state index in [4.69, 9.17) is 4.74 Å². The molecule has 0 unspecified atom stereocenters. The van der Waals surface area contributed by atoms with E-state index in [1.165, 1.54) is 4.90 Å². The normalized spacial score (nSPS) is 20.4. The number of hydrogen-bond donors (Lipinski definition) is 0. The van der Waals surface area contributed by atoms with Crippen molar-refractivity contribution < 1.29 is 22.7 Å². The number of nitrogens with zero attached hydrogens (tertiary/aromatic N) is 1. The zero-order valence-corrected chi connectivity index (χ0v) is 12.6. The van der Waals surface area contributed by atoms with Gasteiger partial charge in [0, 0.05) is 12.8 Å². The molecule has 0 aromatic rings. The molecule has 110 valence electrons. The highest BCUT2D eigenvalue weighted by Gasteiger charge is 2.37. The monoisotopic (exact) mass is 291 g/mol. The zero-order valence-electron chi connectivity index (χ0n) is 11.8. The van der Waals surface area contributed by atoms with E-state index in [2.05, 4.69) is 0 Å². The SMILES string of the molecule is CC(C)(C)OC(=O)[C@H]1CCCN1C(=O)CS(C)(=O)=O. The lowest BCUT2D eigenvalue weighted by atomic mass is 10.1. The highest BCUT2D eigenvalue weighted by molar-refractivity contribution is 7.91. The quantitative estimate of drug-likeness (QED) is 0.702. The summed E-state index contributed by atoms with van der Waals surface area (Å²) in [6.07, 6.45) is 2.20. The lowest BCUT2D eigenvalue weighted by Crippen LogP contribution is -2.45. The van der Waals surface area contributed by atoms with Crippen LogP contribution < -0.4 is 0 Å². The number of carbonyl (C=O) groups excluding carboxylic acids is 2. The van der Waals surface area contributed by atoms with Gasteiger partial charge in [-0.1, -0.05) is 0 Å². The Hall–Kier alpha value is -1.11. The number of likely N-dealkylation sites (tertiary alicyclic amines) is 1. The first kappa shape index (κ1) is 15.9. The van der Waals surface area contributed by atoms with Gasteiger partial charge in [-0.3, -0.25) is 4.79 Å². The van der Waals surface area contributed by atoms with Crippen LogP contribution in [0.3, 0.4) is 0 Å². The second-order valence-corrected chi connectivity index (χ2v) is 7.99. The van der Waals surface area contributed by atoms with Gasteiger partial charge < -0.3 is 9.64 Å². The second-order valence-electron chi connectivity index (χ2n) is 5.85. The molecule has 0 radical (unpaired) electrons. The Morgan fingerprint density at radius 1 is 1.32 bits per heavy atom. The molecular weight excluding hydrogens is 270 g/mol. The van der Waals surface area contributed by atoms with Crippen molar-refractivity contribution in [2.45, 2.75) is 45.3 Å². The summed E-state index contributed by atoms with van der Waals surface area (Å²) < 4.78 is 27.5. The molecular formula is C12H21NO5S. The Labute approximate surface area is 114 Å². The van der Waals surface area contributed by atoms with Crippen LogP contribution in [0.5, 0.6) is 0 Å². The summed E-state index contributed by atoms with van der Waals surface area (Å²) in [4.78, 5) is 25.2. The van der Waals surface area contributed by atoms with Crippen LogP contribution >= 0.6 is 0 Å². The second kappa shape index (κ2) is 5.48. The molecule has 0 spiro atoms. The third kappa shape index (κ3) is 5.18. The fraction of sp³-hybridized carbons (Fsp3) is 0.833. The summed E-state index contributed by atoms with van der Waals surface area (Å²) in [6, 6.07) is -0.659. The van der Waals surface area contributed by atoms with Crippen LogP contribution in [0.2, 0.25) is 0 Å². The van der Waals surface area contributed by atoms with Gasteiger partial charge in [0.05, 0.1) is 0 Å². The Balaban J connectivity index is 2.74. The van der Waals surface area contributed by atoms with Crippen molar-refractivity contribution in [3.05, 3.63) is 0 Å². The molecule has 1 fully saturated rings. The number of amides is 1. The molecule has 0 saturated carbocycles. The van der Waals surface area contributed by atoms with Crippen LogP contribution in [0.25, 0.3) is 0 Å². The van der Waals surface area contributed by atoms with Crippen molar-refractivity contribution in [2.24, 2.45) is 0 Å². The van der Waals surface area contributed by atoms with E-state index in [-0.39, 0.29) is 0 Å². The van der Waals surface area contributed by atoms with Crippen molar-refractivity contribution >= 4 is 21.7 Å². The Morgan fingerprint density at radius 3 is 2.37 bits per heavy atom. The average Bonchev–Trinajstić information content (AvgIpc) is 2.59. The molecule has 1 aliphatic heterocycles. The summed E-state index contributed by atoms with van der Waals surface area (Å²) in [5, 5.41) is 0. The van der Waals surface area contributed by atoms with Crippen molar-refractivity contribution in [1.29, 1.82) is 0 Å². The lowest BCUT2D eigenvalue weighted by Gasteiger charge is -2.27. The van der Waals surface area contributed by atoms with E-state index in [1.807, 2.05) is 0 Å². The van der Waals surface area contributed by atoms with Crippen molar-refractivity contribution in [3.8, 4) is 0 Å². The van der Waals surface area contributed by atoms with E-state index in [0.29, 0.717) is 19.4 Å². The minimum Gasteiger partial charge on any atom is -0.458 e. The maximum atomic E-state index is 12.0. The minimum absolute atomic E-state index is 0.401. The van der Waals surface area contributed by atoms with E-state index >= 15 is 0 Å². The molecule has 1 rings (SSSR count). The van der Waals surface area contributed by atoms with Crippen LogP contribution in [0.1, 0.15) is 33.6 Å². The van der Waals surface area contributed by atoms with Crippen molar-refractivity contribution in [3.63, 3.8) is 0 Å².